The molecule has 140 valence electrons. The molecule has 2 aromatic carbocycles. The Morgan fingerprint density at radius 1 is 1.07 bits per heavy atom. The average molecular weight is 366 g/mol. The summed E-state index contributed by atoms with van der Waals surface area (Å²) in [5.74, 6) is 1.27. The number of amides is 1. The van der Waals surface area contributed by atoms with Crippen LogP contribution in [0.3, 0.4) is 0 Å². The first kappa shape index (κ1) is 16.6. The number of hydrogen-bond donors (Lipinski definition) is 1. The van der Waals surface area contributed by atoms with Crippen LogP contribution in [-0.4, -0.2) is 42.9 Å². The second-order valence-corrected chi connectivity index (χ2v) is 7.38. The zero-order valence-electron chi connectivity index (χ0n) is 15.0. The minimum Gasteiger partial charge on any atom is -0.454 e. The SMILES string of the molecule is O=C(Nc1ccc2c(c1)OCO2)[C@H]1C[C@@H]2CN(Cc3ccccc3)C[C@H]1O2. The summed E-state index contributed by atoms with van der Waals surface area (Å²) < 4.78 is 16.8. The predicted molar refractivity (Wildman–Crippen MR) is 99.7 cm³/mol. The van der Waals surface area contributed by atoms with Crippen LogP contribution in [0.2, 0.25) is 0 Å². The number of rotatable bonds is 4. The number of anilines is 1. The minimum absolute atomic E-state index is 0.0166. The summed E-state index contributed by atoms with van der Waals surface area (Å²) in [5, 5.41) is 3.02. The van der Waals surface area contributed by atoms with Crippen molar-refractivity contribution < 1.29 is 19.0 Å². The molecular formula is C21H22N2O4. The van der Waals surface area contributed by atoms with E-state index in [0.29, 0.717) is 11.5 Å². The molecule has 3 atom stereocenters. The Kier molecular flexibility index (Phi) is 4.22. The average Bonchev–Trinajstić information content (AvgIpc) is 3.26. The maximum atomic E-state index is 12.8. The summed E-state index contributed by atoms with van der Waals surface area (Å²) in [6, 6.07) is 15.9. The number of benzene rings is 2. The molecule has 0 radical (unpaired) electrons. The number of ether oxygens (including phenoxy) is 3. The summed E-state index contributed by atoms with van der Waals surface area (Å²) in [4.78, 5) is 15.2. The molecule has 6 heteroatoms. The lowest BCUT2D eigenvalue weighted by Crippen LogP contribution is -2.44. The molecular weight excluding hydrogens is 344 g/mol. The van der Waals surface area contributed by atoms with Gasteiger partial charge in [0.05, 0.1) is 18.1 Å². The third kappa shape index (κ3) is 3.38. The van der Waals surface area contributed by atoms with E-state index in [1.165, 1.54) is 5.56 Å². The molecule has 1 amide bonds. The molecule has 27 heavy (non-hydrogen) atoms. The fourth-order valence-electron chi connectivity index (χ4n) is 4.19. The van der Waals surface area contributed by atoms with E-state index >= 15 is 0 Å². The number of likely N-dealkylation sites (tertiary alicyclic amines) is 1. The second-order valence-electron chi connectivity index (χ2n) is 7.38. The minimum atomic E-state index is -0.124. The third-order valence-corrected chi connectivity index (χ3v) is 5.46. The van der Waals surface area contributed by atoms with Gasteiger partial charge in [-0.05, 0) is 24.1 Å². The predicted octanol–water partition coefficient (Wildman–Crippen LogP) is 2.64. The molecule has 3 heterocycles. The van der Waals surface area contributed by atoms with Gasteiger partial charge in [-0.1, -0.05) is 30.3 Å². The van der Waals surface area contributed by atoms with E-state index in [-0.39, 0.29) is 30.8 Å². The highest BCUT2D eigenvalue weighted by Crippen LogP contribution is 2.36. The number of hydrogen-bond acceptors (Lipinski definition) is 5. The molecule has 2 aromatic rings. The normalized spacial score (nSPS) is 26.1. The molecule has 2 saturated heterocycles. The Hall–Kier alpha value is -2.57. The highest BCUT2D eigenvalue weighted by atomic mass is 16.7. The van der Waals surface area contributed by atoms with Crippen molar-refractivity contribution in [3.8, 4) is 11.5 Å². The van der Waals surface area contributed by atoms with Crippen molar-refractivity contribution >= 4 is 11.6 Å². The smallest absolute Gasteiger partial charge is 0.231 e. The summed E-state index contributed by atoms with van der Waals surface area (Å²) in [5.41, 5.74) is 2.02. The number of nitrogens with zero attached hydrogens (tertiary/aromatic N) is 1. The lowest BCUT2D eigenvalue weighted by atomic mass is 9.99. The second kappa shape index (κ2) is 6.87. The number of carbonyl (C=O) groups excluding carboxylic acids is 1. The van der Waals surface area contributed by atoms with Crippen molar-refractivity contribution in [3.05, 3.63) is 54.1 Å². The summed E-state index contributed by atoms with van der Waals surface area (Å²) in [7, 11) is 0. The lowest BCUT2D eigenvalue weighted by molar-refractivity contribution is -0.123. The van der Waals surface area contributed by atoms with E-state index in [9.17, 15) is 4.79 Å². The van der Waals surface area contributed by atoms with Crippen molar-refractivity contribution in [1.29, 1.82) is 0 Å². The third-order valence-electron chi connectivity index (χ3n) is 5.46. The van der Waals surface area contributed by atoms with Crippen LogP contribution < -0.4 is 14.8 Å². The topological polar surface area (TPSA) is 60.0 Å². The van der Waals surface area contributed by atoms with E-state index in [1.54, 1.807) is 0 Å². The van der Waals surface area contributed by atoms with E-state index in [0.717, 1.165) is 31.7 Å². The van der Waals surface area contributed by atoms with E-state index in [1.807, 2.05) is 24.3 Å². The van der Waals surface area contributed by atoms with Crippen LogP contribution in [0.1, 0.15) is 12.0 Å². The molecule has 3 aliphatic rings. The highest BCUT2D eigenvalue weighted by molar-refractivity contribution is 5.93. The molecule has 6 nitrogen and oxygen atoms in total. The van der Waals surface area contributed by atoms with Crippen LogP contribution in [0.5, 0.6) is 11.5 Å². The molecule has 2 fully saturated rings. The van der Waals surface area contributed by atoms with Crippen LogP contribution in [0.15, 0.2) is 48.5 Å². The quantitative estimate of drug-likeness (QED) is 0.901. The molecule has 5 rings (SSSR count). The van der Waals surface area contributed by atoms with Crippen LogP contribution in [0.4, 0.5) is 5.69 Å². The monoisotopic (exact) mass is 366 g/mol. The van der Waals surface area contributed by atoms with Gasteiger partial charge in [0.25, 0.3) is 0 Å². The van der Waals surface area contributed by atoms with Gasteiger partial charge < -0.3 is 19.5 Å². The Balaban J connectivity index is 1.23. The first-order chi connectivity index (χ1) is 13.2. The first-order valence-corrected chi connectivity index (χ1v) is 9.37. The van der Waals surface area contributed by atoms with Gasteiger partial charge >= 0.3 is 0 Å². The number of fused-ring (bicyclic) bond motifs is 3. The van der Waals surface area contributed by atoms with Gasteiger partial charge in [-0.3, -0.25) is 9.69 Å². The van der Waals surface area contributed by atoms with Gasteiger partial charge in [-0.2, -0.15) is 0 Å². The van der Waals surface area contributed by atoms with Crippen LogP contribution in [-0.2, 0) is 16.1 Å². The molecule has 1 N–H and O–H groups in total. The highest BCUT2D eigenvalue weighted by Gasteiger charge is 2.44. The number of carbonyl (C=O) groups is 1. The molecule has 0 aromatic heterocycles. The van der Waals surface area contributed by atoms with E-state index < -0.39 is 0 Å². The van der Waals surface area contributed by atoms with Gasteiger partial charge in [0.15, 0.2) is 11.5 Å². The van der Waals surface area contributed by atoms with Crippen molar-refractivity contribution in [2.45, 2.75) is 25.2 Å². The zero-order valence-corrected chi connectivity index (χ0v) is 15.0. The van der Waals surface area contributed by atoms with Gasteiger partial charge in [-0.25, -0.2) is 0 Å². The number of nitrogens with one attached hydrogen (secondary N) is 1. The largest absolute Gasteiger partial charge is 0.454 e. The Labute approximate surface area is 158 Å². The van der Waals surface area contributed by atoms with Crippen molar-refractivity contribution in [2.75, 3.05) is 25.2 Å². The zero-order chi connectivity index (χ0) is 18.2. The van der Waals surface area contributed by atoms with Crippen LogP contribution in [0, 0.1) is 5.92 Å². The number of morpholine rings is 1. The Morgan fingerprint density at radius 3 is 2.81 bits per heavy atom. The molecule has 0 unspecified atom stereocenters. The molecule has 0 aliphatic carbocycles. The van der Waals surface area contributed by atoms with Crippen molar-refractivity contribution in [2.24, 2.45) is 5.92 Å². The van der Waals surface area contributed by atoms with Crippen LogP contribution in [0.25, 0.3) is 0 Å². The van der Waals surface area contributed by atoms with Crippen molar-refractivity contribution in [3.63, 3.8) is 0 Å². The lowest BCUT2D eigenvalue weighted by Gasteiger charge is -2.32. The van der Waals surface area contributed by atoms with Gasteiger partial charge in [0.1, 0.15) is 0 Å². The maximum Gasteiger partial charge on any atom is 0.231 e. The van der Waals surface area contributed by atoms with E-state index in [2.05, 4.69) is 34.5 Å². The molecule has 2 bridgehead atoms. The molecule has 0 spiro atoms. The van der Waals surface area contributed by atoms with Crippen molar-refractivity contribution in [1.82, 2.24) is 4.90 Å². The summed E-state index contributed by atoms with van der Waals surface area (Å²) in [6.07, 6.45) is 0.841. The maximum absolute atomic E-state index is 12.8. The Bertz CT molecular complexity index is 841. The van der Waals surface area contributed by atoms with Gasteiger partial charge in [0, 0.05) is 31.4 Å². The molecule has 0 saturated carbocycles. The standard InChI is InChI=1S/C21H22N2O4/c24-21(22-15-6-7-18-19(8-15)26-13-25-18)17-9-16-11-23(12-20(17)27-16)10-14-4-2-1-3-5-14/h1-8,16-17,20H,9-13H2,(H,22,24)/t16-,17+,20-/m1/s1. The molecule has 3 aliphatic heterocycles. The fraction of sp³-hybridized carbons (Fsp3) is 0.381. The van der Waals surface area contributed by atoms with Gasteiger partial charge in [0.2, 0.25) is 12.7 Å². The Morgan fingerprint density at radius 2 is 1.93 bits per heavy atom. The van der Waals surface area contributed by atoms with Gasteiger partial charge in [-0.15, -0.1) is 0 Å². The summed E-state index contributed by atoms with van der Waals surface area (Å²) >= 11 is 0. The summed E-state index contributed by atoms with van der Waals surface area (Å²) in [6.45, 7) is 2.78. The first-order valence-electron chi connectivity index (χ1n) is 9.37. The van der Waals surface area contributed by atoms with E-state index in [4.69, 9.17) is 14.2 Å². The fourth-order valence-corrected chi connectivity index (χ4v) is 4.19. The van der Waals surface area contributed by atoms with Crippen LogP contribution >= 0.6 is 0 Å².